The SMILES string of the molecule is Cc1ccccc1CS(=O)c1ccc(N)cc1F. The molecular formula is C14H14FNOS. The Morgan fingerprint density at radius 3 is 2.61 bits per heavy atom. The molecule has 0 radical (unpaired) electrons. The summed E-state index contributed by atoms with van der Waals surface area (Å²) in [7, 11) is -1.40. The fraction of sp³-hybridized carbons (Fsp3) is 0.143. The van der Waals surface area contributed by atoms with Gasteiger partial charge in [-0.05, 0) is 36.2 Å². The third-order valence-electron chi connectivity index (χ3n) is 2.75. The normalized spacial score (nSPS) is 12.3. The molecule has 2 N–H and O–H groups in total. The molecular weight excluding hydrogens is 249 g/mol. The lowest BCUT2D eigenvalue weighted by Crippen LogP contribution is -2.01. The fourth-order valence-electron chi connectivity index (χ4n) is 1.69. The van der Waals surface area contributed by atoms with E-state index in [2.05, 4.69) is 0 Å². The van der Waals surface area contributed by atoms with Crippen LogP contribution in [-0.4, -0.2) is 4.21 Å². The molecule has 18 heavy (non-hydrogen) atoms. The monoisotopic (exact) mass is 263 g/mol. The molecule has 0 spiro atoms. The summed E-state index contributed by atoms with van der Waals surface area (Å²) in [6.07, 6.45) is 0. The quantitative estimate of drug-likeness (QED) is 0.865. The second-order valence-electron chi connectivity index (χ2n) is 4.11. The lowest BCUT2D eigenvalue weighted by molar-refractivity contribution is 0.596. The zero-order chi connectivity index (χ0) is 13.1. The van der Waals surface area contributed by atoms with E-state index in [1.807, 2.05) is 31.2 Å². The highest BCUT2D eigenvalue weighted by molar-refractivity contribution is 7.84. The summed E-state index contributed by atoms with van der Waals surface area (Å²) in [6.45, 7) is 1.95. The van der Waals surface area contributed by atoms with Crippen molar-refractivity contribution in [1.82, 2.24) is 0 Å². The second kappa shape index (κ2) is 5.31. The minimum Gasteiger partial charge on any atom is -0.399 e. The maximum atomic E-state index is 13.6. The first kappa shape index (κ1) is 12.8. The van der Waals surface area contributed by atoms with E-state index in [0.29, 0.717) is 11.4 Å². The standard InChI is InChI=1S/C14H14FNOS/c1-10-4-2-3-5-11(10)9-18(17)14-7-6-12(16)8-13(14)15/h2-8H,9,16H2,1H3. The van der Waals surface area contributed by atoms with Crippen LogP contribution in [0.25, 0.3) is 0 Å². The Morgan fingerprint density at radius 2 is 1.94 bits per heavy atom. The van der Waals surface area contributed by atoms with Crippen LogP contribution in [0.2, 0.25) is 0 Å². The van der Waals surface area contributed by atoms with Gasteiger partial charge >= 0.3 is 0 Å². The van der Waals surface area contributed by atoms with Crippen molar-refractivity contribution in [3.05, 3.63) is 59.4 Å². The van der Waals surface area contributed by atoms with Gasteiger partial charge in [-0.1, -0.05) is 24.3 Å². The first-order valence-electron chi connectivity index (χ1n) is 5.56. The van der Waals surface area contributed by atoms with E-state index in [1.54, 1.807) is 6.07 Å². The average Bonchev–Trinajstić information content (AvgIpc) is 2.32. The summed E-state index contributed by atoms with van der Waals surface area (Å²) in [4.78, 5) is 0.201. The van der Waals surface area contributed by atoms with Gasteiger partial charge in [0.1, 0.15) is 5.82 Å². The molecule has 2 nitrogen and oxygen atoms in total. The highest BCUT2D eigenvalue weighted by atomic mass is 32.2. The Bertz CT molecular complexity index is 598. The molecule has 4 heteroatoms. The van der Waals surface area contributed by atoms with E-state index >= 15 is 0 Å². The molecule has 0 saturated heterocycles. The maximum absolute atomic E-state index is 13.6. The minimum atomic E-state index is -1.40. The Hall–Kier alpha value is -1.68. The van der Waals surface area contributed by atoms with Crippen LogP contribution in [0.3, 0.4) is 0 Å². The topological polar surface area (TPSA) is 43.1 Å². The first-order valence-corrected chi connectivity index (χ1v) is 6.87. The van der Waals surface area contributed by atoms with Crippen LogP contribution < -0.4 is 5.73 Å². The van der Waals surface area contributed by atoms with Crippen LogP contribution in [0.4, 0.5) is 10.1 Å². The summed E-state index contributed by atoms with van der Waals surface area (Å²) in [5.41, 5.74) is 7.82. The van der Waals surface area contributed by atoms with E-state index in [0.717, 1.165) is 11.1 Å². The number of benzene rings is 2. The molecule has 1 atom stereocenters. The van der Waals surface area contributed by atoms with Gasteiger partial charge in [0.15, 0.2) is 0 Å². The van der Waals surface area contributed by atoms with Crippen molar-refractivity contribution in [2.75, 3.05) is 5.73 Å². The van der Waals surface area contributed by atoms with Crippen molar-refractivity contribution >= 4 is 16.5 Å². The highest BCUT2D eigenvalue weighted by Gasteiger charge is 2.11. The lowest BCUT2D eigenvalue weighted by Gasteiger charge is -2.07. The molecule has 0 aliphatic carbocycles. The predicted octanol–water partition coefficient (Wildman–Crippen LogP) is 3.02. The van der Waals surface area contributed by atoms with Crippen molar-refractivity contribution in [3.8, 4) is 0 Å². The molecule has 0 aliphatic rings. The molecule has 0 fully saturated rings. The molecule has 2 aromatic rings. The van der Waals surface area contributed by atoms with Crippen LogP contribution in [0, 0.1) is 12.7 Å². The molecule has 0 amide bonds. The summed E-state index contributed by atoms with van der Waals surface area (Å²) in [5.74, 6) is -0.199. The minimum absolute atomic E-state index is 0.201. The lowest BCUT2D eigenvalue weighted by atomic mass is 10.1. The Morgan fingerprint density at radius 1 is 1.22 bits per heavy atom. The number of nitrogens with two attached hydrogens (primary N) is 1. The van der Waals surface area contributed by atoms with E-state index < -0.39 is 16.6 Å². The highest BCUT2D eigenvalue weighted by Crippen LogP contribution is 2.19. The predicted molar refractivity (Wildman–Crippen MR) is 72.1 cm³/mol. The summed E-state index contributed by atoms with van der Waals surface area (Å²) in [6, 6.07) is 11.9. The van der Waals surface area contributed by atoms with Crippen LogP contribution in [-0.2, 0) is 16.6 Å². The van der Waals surface area contributed by atoms with Crippen molar-refractivity contribution in [3.63, 3.8) is 0 Å². The molecule has 94 valence electrons. The van der Waals surface area contributed by atoms with Crippen LogP contribution >= 0.6 is 0 Å². The Labute approximate surface area is 108 Å². The third kappa shape index (κ3) is 2.76. The molecule has 0 heterocycles. The smallest absolute Gasteiger partial charge is 0.141 e. The van der Waals surface area contributed by atoms with Crippen molar-refractivity contribution in [2.45, 2.75) is 17.6 Å². The van der Waals surface area contributed by atoms with Crippen molar-refractivity contribution in [1.29, 1.82) is 0 Å². The zero-order valence-electron chi connectivity index (χ0n) is 10.0. The van der Waals surface area contributed by atoms with E-state index in [9.17, 15) is 8.60 Å². The van der Waals surface area contributed by atoms with Gasteiger partial charge in [-0.3, -0.25) is 4.21 Å². The van der Waals surface area contributed by atoms with Crippen molar-refractivity contribution in [2.24, 2.45) is 0 Å². The van der Waals surface area contributed by atoms with Gasteiger partial charge in [-0.2, -0.15) is 0 Å². The van der Waals surface area contributed by atoms with Crippen LogP contribution in [0.15, 0.2) is 47.4 Å². The number of anilines is 1. The molecule has 0 aliphatic heterocycles. The number of hydrogen-bond acceptors (Lipinski definition) is 2. The number of nitrogen functional groups attached to an aromatic ring is 1. The van der Waals surface area contributed by atoms with Gasteiger partial charge in [-0.15, -0.1) is 0 Å². The van der Waals surface area contributed by atoms with Crippen molar-refractivity contribution < 1.29 is 8.60 Å². The molecule has 1 unspecified atom stereocenters. The molecule has 0 bridgehead atoms. The van der Waals surface area contributed by atoms with E-state index in [1.165, 1.54) is 12.1 Å². The molecule has 2 aromatic carbocycles. The Balaban J connectivity index is 2.25. The Kier molecular flexibility index (Phi) is 3.77. The van der Waals surface area contributed by atoms with E-state index in [4.69, 9.17) is 5.73 Å². The summed E-state index contributed by atoms with van der Waals surface area (Å²) >= 11 is 0. The van der Waals surface area contributed by atoms with Crippen LogP contribution in [0.5, 0.6) is 0 Å². The maximum Gasteiger partial charge on any atom is 0.141 e. The molecule has 0 saturated carbocycles. The van der Waals surface area contributed by atoms with Gasteiger partial charge in [0.2, 0.25) is 0 Å². The number of rotatable bonds is 3. The van der Waals surface area contributed by atoms with E-state index in [-0.39, 0.29) is 4.90 Å². The number of aryl methyl sites for hydroxylation is 1. The van der Waals surface area contributed by atoms with Gasteiger partial charge in [0.05, 0.1) is 21.4 Å². The summed E-state index contributed by atoms with van der Waals surface area (Å²) < 4.78 is 25.8. The average molecular weight is 263 g/mol. The number of halogens is 1. The van der Waals surface area contributed by atoms with Gasteiger partial charge in [0, 0.05) is 5.69 Å². The summed E-state index contributed by atoms with van der Waals surface area (Å²) in [5, 5.41) is 0. The third-order valence-corrected chi connectivity index (χ3v) is 4.14. The molecule has 2 rings (SSSR count). The molecule has 0 aromatic heterocycles. The first-order chi connectivity index (χ1) is 8.58. The van der Waals surface area contributed by atoms with Gasteiger partial charge in [0.25, 0.3) is 0 Å². The second-order valence-corrected chi connectivity index (χ2v) is 5.53. The number of hydrogen-bond donors (Lipinski definition) is 1. The van der Waals surface area contributed by atoms with Gasteiger partial charge < -0.3 is 5.73 Å². The van der Waals surface area contributed by atoms with Crippen LogP contribution in [0.1, 0.15) is 11.1 Å². The largest absolute Gasteiger partial charge is 0.399 e. The van der Waals surface area contributed by atoms with Gasteiger partial charge in [-0.25, -0.2) is 4.39 Å². The fourth-order valence-corrected chi connectivity index (χ4v) is 2.95. The zero-order valence-corrected chi connectivity index (χ0v) is 10.8.